The van der Waals surface area contributed by atoms with Gasteiger partial charge in [-0.3, -0.25) is 9.56 Å². The minimum atomic E-state index is -4.74. The second-order valence-electron chi connectivity index (χ2n) is 5.56. The standard InChI is InChI=1S/C17H16F3N5O2.HI/c18-17(19,20)27-12-7-5-11(6-8-12)23-15(21)22-9-10-25-14-4-2-1-3-13(14)24-16(25)26;/h1-8H,9-10H2,(H,24,26)(H3,21,22,23);1H. The summed E-state index contributed by atoms with van der Waals surface area (Å²) in [5.41, 5.74) is 7.49. The van der Waals surface area contributed by atoms with Gasteiger partial charge in [-0.05, 0) is 36.4 Å². The highest BCUT2D eigenvalue weighted by molar-refractivity contribution is 14.0. The van der Waals surface area contributed by atoms with Gasteiger partial charge in [0.2, 0.25) is 0 Å². The number of aliphatic imine (C=N–C) groups is 1. The Balaban J connectivity index is 0.00000280. The third-order valence-electron chi connectivity index (χ3n) is 3.65. The quantitative estimate of drug-likeness (QED) is 0.281. The zero-order chi connectivity index (χ0) is 19.4. The molecule has 0 amide bonds. The number of aromatic amines is 1. The van der Waals surface area contributed by atoms with Crippen molar-refractivity contribution in [2.24, 2.45) is 10.7 Å². The number of nitrogens with two attached hydrogens (primary N) is 1. The van der Waals surface area contributed by atoms with Gasteiger partial charge in [-0.25, -0.2) is 4.79 Å². The fraction of sp³-hybridized carbons (Fsp3) is 0.176. The van der Waals surface area contributed by atoms with E-state index in [2.05, 4.69) is 20.0 Å². The summed E-state index contributed by atoms with van der Waals surface area (Å²) in [5.74, 6) is -0.255. The first-order valence-electron chi connectivity index (χ1n) is 7.92. The van der Waals surface area contributed by atoms with E-state index in [1.54, 1.807) is 10.6 Å². The van der Waals surface area contributed by atoms with E-state index in [0.717, 1.165) is 23.2 Å². The maximum absolute atomic E-state index is 12.1. The normalized spacial score (nSPS) is 11.9. The number of ether oxygens (including phenoxy) is 1. The number of fused-ring (bicyclic) bond motifs is 1. The Morgan fingerprint density at radius 1 is 1.18 bits per heavy atom. The molecule has 150 valence electrons. The van der Waals surface area contributed by atoms with E-state index in [-0.39, 0.29) is 47.9 Å². The Labute approximate surface area is 174 Å². The molecular weight excluding hydrogens is 490 g/mol. The summed E-state index contributed by atoms with van der Waals surface area (Å²) in [4.78, 5) is 18.8. The van der Waals surface area contributed by atoms with Crippen molar-refractivity contribution >= 4 is 46.7 Å². The molecule has 3 rings (SSSR count). The molecule has 0 aliphatic carbocycles. The molecule has 0 unspecified atom stereocenters. The van der Waals surface area contributed by atoms with E-state index >= 15 is 0 Å². The van der Waals surface area contributed by atoms with Crippen LogP contribution in [0.5, 0.6) is 5.75 Å². The number of hydrogen-bond acceptors (Lipinski definition) is 3. The van der Waals surface area contributed by atoms with Gasteiger partial charge >= 0.3 is 12.1 Å². The number of alkyl halides is 3. The Bertz CT molecular complexity index is 1010. The summed E-state index contributed by atoms with van der Waals surface area (Å²) in [6.45, 7) is 0.569. The van der Waals surface area contributed by atoms with Crippen LogP contribution in [0.1, 0.15) is 0 Å². The van der Waals surface area contributed by atoms with Crippen LogP contribution >= 0.6 is 24.0 Å². The van der Waals surface area contributed by atoms with Gasteiger partial charge in [0.1, 0.15) is 5.75 Å². The Morgan fingerprint density at radius 2 is 1.86 bits per heavy atom. The molecule has 4 N–H and O–H groups in total. The predicted molar refractivity (Wildman–Crippen MR) is 111 cm³/mol. The molecule has 0 aliphatic rings. The number of para-hydroxylation sites is 2. The first-order valence-corrected chi connectivity index (χ1v) is 7.92. The number of nitrogens with one attached hydrogen (secondary N) is 2. The summed E-state index contributed by atoms with van der Waals surface area (Å²) in [6, 6.07) is 12.4. The second-order valence-corrected chi connectivity index (χ2v) is 5.56. The SMILES string of the molecule is I.NC(=NCCn1c(=O)[nH]c2ccccc21)Nc1ccc(OC(F)(F)F)cc1. The van der Waals surface area contributed by atoms with Crippen LogP contribution in [0.3, 0.4) is 0 Å². The molecule has 2 aromatic carbocycles. The molecule has 7 nitrogen and oxygen atoms in total. The van der Waals surface area contributed by atoms with Gasteiger partial charge in [-0.1, -0.05) is 12.1 Å². The fourth-order valence-corrected chi connectivity index (χ4v) is 2.53. The predicted octanol–water partition coefficient (Wildman–Crippen LogP) is 3.27. The lowest BCUT2D eigenvalue weighted by Gasteiger charge is -2.10. The molecule has 0 atom stereocenters. The van der Waals surface area contributed by atoms with E-state index in [1.165, 1.54) is 12.1 Å². The average molecular weight is 507 g/mol. The third-order valence-corrected chi connectivity index (χ3v) is 3.65. The molecule has 11 heteroatoms. The van der Waals surface area contributed by atoms with Gasteiger partial charge < -0.3 is 20.8 Å². The van der Waals surface area contributed by atoms with Crippen molar-refractivity contribution in [2.75, 3.05) is 11.9 Å². The lowest BCUT2D eigenvalue weighted by Crippen LogP contribution is -2.24. The van der Waals surface area contributed by atoms with Crippen LogP contribution in [0.15, 0.2) is 58.3 Å². The van der Waals surface area contributed by atoms with Gasteiger partial charge in [-0.2, -0.15) is 0 Å². The zero-order valence-corrected chi connectivity index (χ0v) is 16.7. The monoisotopic (exact) mass is 507 g/mol. The molecule has 1 aromatic heterocycles. The maximum atomic E-state index is 12.1. The van der Waals surface area contributed by atoms with Crippen LogP contribution < -0.4 is 21.5 Å². The molecule has 0 saturated heterocycles. The van der Waals surface area contributed by atoms with Crippen molar-refractivity contribution in [3.05, 3.63) is 59.0 Å². The number of hydrogen-bond donors (Lipinski definition) is 3. The number of H-pyrrole nitrogens is 1. The van der Waals surface area contributed by atoms with Crippen molar-refractivity contribution in [1.29, 1.82) is 0 Å². The van der Waals surface area contributed by atoms with Crippen LogP contribution in [-0.4, -0.2) is 28.4 Å². The highest BCUT2D eigenvalue weighted by Crippen LogP contribution is 2.23. The molecule has 0 bridgehead atoms. The Morgan fingerprint density at radius 3 is 2.54 bits per heavy atom. The number of aromatic nitrogens is 2. The smallest absolute Gasteiger partial charge is 0.406 e. The van der Waals surface area contributed by atoms with E-state index in [4.69, 9.17) is 5.73 Å². The van der Waals surface area contributed by atoms with Crippen molar-refractivity contribution in [2.45, 2.75) is 12.9 Å². The Kier molecular flexibility index (Phi) is 6.94. The molecule has 0 spiro atoms. The lowest BCUT2D eigenvalue weighted by molar-refractivity contribution is -0.274. The van der Waals surface area contributed by atoms with Crippen molar-refractivity contribution in [1.82, 2.24) is 9.55 Å². The Hall–Kier alpha value is -2.70. The molecule has 3 aromatic rings. The number of benzene rings is 2. The average Bonchev–Trinajstić information content (AvgIpc) is 2.91. The molecule has 0 saturated carbocycles. The highest BCUT2D eigenvalue weighted by Gasteiger charge is 2.30. The van der Waals surface area contributed by atoms with E-state index in [1.807, 2.05) is 18.2 Å². The topological polar surface area (TPSA) is 97.4 Å². The molecule has 0 aliphatic heterocycles. The summed E-state index contributed by atoms with van der Waals surface area (Å²) >= 11 is 0. The first-order chi connectivity index (χ1) is 12.8. The van der Waals surface area contributed by atoms with Gasteiger partial charge in [0, 0.05) is 12.2 Å². The highest BCUT2D eigenvalue weighted by atomic mass is 127. The van der Waals surface area contributed by atoms with Crippen LogP contribution in [0.2, 0.25) is 0 Å². The summed E-state index contributed by atoms with van der Waals surface area (Å²) in [7, 11) is 0. The number of imidazole rings is 1. The lowest BCUT2D eigenvalue weighted by atomic mass is 10.3. The van der Waals surface area contributed by atoms with Crippen LogP contribution in [-0.2, 0) is 6.54 Å². The minimum Gasteiger partial charge on any atom is -0.406 e. The molecule has 0 fully saturated rings. The number of nitrogens with zero attached hydrogens (tertiary/aromatic N) is 2. The zero-order valence-electron chi connectivity index (χ0n) is 14.4. The van der Waals surface area contributed by atoms with Gasteiger partial charge in [-0.15, -0.1) is 37.1 Å². The summed E-state index contributed by atoms with van der Waals surface area (Å²) in [6.07, 6.45) is -4.74. The number of guanidine groups is 1. The van der Waals surface area contributed by atoms with Gasteiger partial charge in [0.25, 0.3) is 0 Å². The first kappa shape index (κ1) is 21.6. The van der Waals surface area contributed by atoms with Crippen molar-refractivity contribution < 1.29 is 17.9 Å². The fourth-order valence-electron chi connectivity index (χ4n) is 2.53. The largest absolute Gasteiger partial charge is 0.573 e. The minimum absolute atomic E-state index is 0. The van der Waals surface area contributed by atoms with Gasteiger partial charge in [0.15, 0.2) is 5.96 Å². The molecule has 0 radical (unpaired) electrons. The summed E-state index contributed by atoms with van der Waals surface area (Å²) in [5, 5.41) is 2.76. The van der Waals surface area contributed by atoms with E-state index < -0.39 is 6.36 Å². The van der Waals surface area contributed by atoms with Gasteiger partial charge in [0.05, 0.1) is 17.6 Å². The van der Waals surface area contributed by atoms with Crippen LogP contribution in [0.25, 0.3) is 11.0 Å². The van der Waals surface area contributed by atoms with Crippen molar-refractivity contribution in [3.63, 3.8) is 0 Å². The van der Waals surface area contributed by atoms with Crippen LogP contribution in [0, 0.1) is 0 Å². The number of rotatable bonds is 5. The summed E-state index contributed by atoms with van der Waals surface area (Å²) < 4.78 is 41.7. The maximum Gasteiger partial charge on any atom is 0.573 e. The van der Waals surface area contributed by atoms with E-state index in [0.29, 0.717) is 12.2 Å². The van der Waals surface area contributed by atoms with Crippen LogP contribution in [0.4, 0.5) is 18.9 Å². The molecule has 1 heterocycles. The second kappa shape index (κ2) is 8.99. The molecular formula is C17H17F3IN5O2. The van der Waals surface area contributed by atoms with E-state index in [9.17, 15) is 18.0 Å². The third kappa shape index (κ3) is 5.65. The molecule has 28 heavy (non-hydrogen) atoms. The number of anilines is 1. The van der Waals surface area contributed by atoms with Crippen molar-refractivity contribution in [3.8, 4) is 5.75 Å². The number of halogens is 4.